The van der Waals surface area contributed by atoms with Gasteiger partial charge < -0.3 is 30.5 Å². The molecule has 8 N–H and O–H groups in total. The minimum absolute atomic E-state index is 0. The summed E-state index contributed by atoms with van der Waals surface area (Å²) in [4.78, 5) is 31.0. The number of rotatable bonds is 2. The second kappa shape index (κ2) is 4.94. The Hall–Kier alpha value is 0.180. The van der Waals surface area contributed by atoms with E-state index < -0.39 is 15.6 Å². The zero-order chi connectivity index (χ0) is 7.71. The zero-order valence-corrected chi connectivity index (χ0v) is 6.70. The van der Waals surface area contributed by atoms with Crippen molar-refractivity contribution in [3.05, 3.63) is 0 Å². The van der Waals surface area contributed by atoms with Crippen molar-refractivity contribution in [1.29, 1.82) is 0 Å². The van der Waals surface area contributed by atoms with E-state index in [4.69, 9.17) is 19.6 Å². The molecule has 0 aliphatic heterocycles. The second-order valence-corrected chi connectivity index (χ2v) is 3.68. The fraction of sp³-hybridized carbons (Fsp3) is 0. The summed E-state index contributed by atoms with van der Waals surface area (Å²) in [7, 11) is -10.1. The van der Waals surface area contributed by atoms with E-state index in [0.717, 1.165) is 0 Å². The van der Waals surface area contributed by atoms with Gasteiger partial charge in [-0.2, -0.15) is 4.31 Å². The summed E-state index contributed by atoms with van der Waals surface area (Å²) in [6.07, 6.45) is 0. The monoisotopic (exact) mass is 214 g/mol. The minimum Gasteiger partial charge on any atom is -0.412 e. The van der Waals surface area contributed by atoms with Crippen LogP contribution in [0.1, 0.15) is 0 Å². The van der Waals surface area contributed by atoms with E-state index in [1.165, 1.54) is 0 Å². The molecule has 9 nitrogen and oxygen atoms in total. The van der Waals surface area contributed by atoms with Crippen LogP contribution in [0.25, 0.3) is 0 Å². The molecule has 11 heteroatoms. The Morgan fingerprint density at radius 2 is 1.00 bits per heavy atom. The maximum atomic E-state index is 9.63. The zero-order valence-electron chi connectivity index (χ0n) is 4.91. The van der Waals surface area contributed by atoms with Crippen molar-refractivity contribution in [2.45, 2.75) is 0 Å². The van der Waals surface area contributed by atoms with Crippen molar-refractivity contribution in [3.63, 3.8) is 0 Å². The molecule has 0 unspecified atom stereocenters. The van der Waals surface area contributed by atoms with E-state index in [9.17, 15) is 9.13 Å². The van der Waals surface area contributed by atoms with Crippen LogP contribution in [0.15, 0.2) is 0 Å². The van der Waals surface area contributed by atoms with Gasteiger partial charge in [0.05, 0.1) is 0 Å². The molecule has 0 saturated carbocycles. The molecule has 0 heterocycles. The van der Waals surface area contributed by atoms with E-state index >= 15 is 0 Å². The van der Waals surface area contributed by atoms with Crippen LogP contribution in [0.5, 0.6) is 0 Å². The average molecular weight is 214 g/mol. The highest BCUT2D eigenvalue weighted by Gasteiger charge is 2.27. The maximum absolute atomic E-state index is 9.63. The topological polar surface area (TPSA) is 187 Å². The Labute approximate surface area is 60.7 Å². The first kappa shape index (κ1) is 17.3. The van der Waals surface area contributed by atoms with E-state index in [1.807, 2.05) is 0 Å². The van der Waals surface area contributed by atoms with Gasteiger partial charge in [-0.25, -0.2) is 9.13 Å². The highest BCUT2D eigenvalue weighted by molar-refractivity contribution is 7.60. The lowest BCUT2D eigenvalue weighted by Crippen LogP contribution is -1.84. The van der Waals surface area contributed by atoms with Crippen molar-refractivity contribution >= 4 is 15.6 Å². The summed E-state index contributed by atoms with van der Waals surface area (Å²) in [6, 6.07) is 0. The molecule has 0 aliphatic rings. The van der Waals surface area contributed by atoms with Gasteiger partial charge in [-0.15, -0.1) is 0 Å². The summed E-state index contributed by atoms with van der Waals surface area (Å²) < 4.78 is 22.2. The van der Waals surface area contributed by atoms with E-state index in [2.05, 4.69) is 4.31 Å². The largest absolute Gasteiger partial charge is 0.478 e. The Bertz CT molecular complexity index is 148. The van der Waals surface area contributed by atoms with Gasteiger partial charge in [0.15, 0.2) is 0 Å². The first-order valence-corrected chi connectivity index (χ1v) is 4.59. The van der Waals surface area contributed by atoms with E-state index in [-0.39, 0.29) is 11.0 Å². The van der Waals surface area contributed by atoms with Gasteiger partial charge in [-0.1, -0.05) is 0 Å². The smallest absolute Gasteiger partial charge is 0.412 e. The molecular weight excluding hydrogens is 206 g/mol. The highest BCUT2D eigenvalue weighted by Crippen LogP contribution is 2.53. The van der Waals surface area contributed by atoms with E-state index in [0.29, 0.717) is 0 Å². The molecule has 0 atom stereocenters. The van der Waals surface area contributed by atoms with Gasteiger partial charge in [0.1, 0.15) is 0 Å². The second-order valence-electron chi connectivity index (χ2n) is 1.06. The van der Waals surface area contributed by atoms with Crippen LogP contribution in [-0.2, 0) is 13.4 Å². The molecule has 0 aromatic heterocycles. The quantitative estimate of drug-likeness (QED) is 0.366. The number of hydrogen-bond acceptors (Lipinski definition) is 3. The Morgan fingerprint density at radius 1 is 0.818 bits per heavy atom. The fourth-order valence-electron chi connectivity index (χ4n) is 0.139. The molecule has 0 rings (SSSR count). The summed E-state index contributed by atoms with van der Waals surface area (Å²) in [6.45, 7) is 0. The lowest BCUT2D eigenvalue weighted by atomic mass is 15.7. The molecule has 0 amide bonds. The van der Waals surface area contributed by atoms with Crippen LogP contribution >= 0.6 is 15.6 Å². The highest BCUT2D eigenvalue weighted by atomic mass is 31.3. The van der Waals surface area contributed by atoms with Crippen LogP contribution in [0.2, 0.25) is 0 Å². The van der Waals surface area contributed by atoms with Crippen molar-refractivity contribution < 1.29 is 44.0 Å². The predicted octanol–water partition coefficient (Wildman–Crippen LogP) is -2.46. The van der Waals surface area contributed by atoms with Gasteiger partial charge in [-0.3, -0.25) is 0 Å². The number of hydrogen-bond donors (Lipinski definition) is 4. The normalized spacial score (nSPS) is 11.3. The molecule has 72 valence electrons. The Kier molecular flexibility index (Phi) is 7.77. The van der Waals surface area contributed by atoms with Gasteiger partial charge in [0.25, 0.3) is 0 Å². The van der Waals surface area contributed by atoms with Crippen molar-refractivity contribution in [1.82, 2.24) is 0 Å². The van der Waals surface area contributed by atoms with E-state index in [1.54, 1.807) is 0 Å². The molecule has 0 bridgehead atoms. The lowest BCUT2D eigenvalue weighted by Gasteiger charge is -2.03. The third-order valence-corrected chi connectivity index (χ3v) is 1.91. The molecule has 0 fully saturated rings. The van der Waals surface area contributed by atoms with Crippen molar-refractivity contribution in [3.8, 4) is 0 Å². The molecule has 11 heavy (non-hydrogen) atoms. The third kappa shape index (κ3) is 17.8. The summed E-state index contributed by atoms with van der Waals surface area (Å²) in [5.74, 6) is 0. The molecule has 0 aromatic carbocycles. The first-order valence-electron chi connectivity index (χ1n) is 1.53. The third-order valence-electron chi connectivity index (χ3n) is 0.213. The molecule has 0 radical (unpaired) electrons. The molecule has 0 saturated heterocycles. The SMILES string of the molecule is O.O.O=P(O)(O)OP(=O)(O)O. The molecule has 0 aliphatic carbocycles. The molecular formula is H8O9P2. The van der Waals surface area contributed by atoms with Crippen LogP contribution < -0.4 is 0 Å². The lowest BCUT2D eigenvalue weighted by molar-refractivity contribution is 0.225. The van der Waals surface area contributed by atoms with Crippen LogP contribution in [0, 0.1) is 0 Å². The molecule has 0 aromatic rings. The Morgan fingerprint density at radius 3 is 1.00 bits per heavy atom. The Balaban J connectivity index is -0.000000320. The standard InChI is InChI=1S/H4O7P2.2H2O/c1-8(2,3)7-9(4,5)6;;/h(H2,1,2,3)(H2,4,5,6);2*1H2. The van der Waals surface area contributed by atoms with Crippen LogP contribution in [0.4, 0.5) is 0 Å². The molecule has 0 spiro atoms. The van der Waals surface area contributed by atoms with Gasteiger partial charge in [0, 0.05) is 0 Å². The van der Waals surface area contributed by atoms with Gasteiger partial charge in [-0.05, 0) is 0 Å². The van der Waals surface area contributed by atoms with Crippen LogP contribution in [-0.4, -0.2) is 30.5 Å². The van der Waals surface area contributed by atoms with Gasteiger partial charge in [0.2, 0.25) is 0 Å². The fourth-order valence-corrected chi connectivity index (χ4v) is 1.25. The van der Waals surface area contributed by atoms with Crippen LogP contribution in [0.3, 0.4) is 0 Å². The van der Waals surface area contributed by atoms with Gasteiger partial charge >= 0.3 is 15.6 Å². The number of phosphoric acid groups is 2. The summed E-state index contributed by atoms with van der Waals surface area (Å²) in [5, 5.41) is 0. The summed E-state index contributed by atoms with van der Waals surface area (Å²) >= 11 is 0. The minimum atomic E-state index is -5.05. The average Bonchev–Trinajstić information content (AvgIpc) is 1.14. The summed E-state index contributed by atoms with van der Waals surface area (Å²) in [5.41, 5.74) is 0. The van der Waals surface area contributed by atoms with Crippen molar-refractivity contribution in [2.24, 2.45) is 0 Å². The predicted molar refractivity (Wildman–Crippen MR) is 32.4 cm³/mol. The maximum Gasteiger partial charge on any atom is 0.478 e. The van der Waals surface area contributed by atoms with Crippen molar-refractivity contribution in [2.75, 3.05) is 0 Å². The first-order chi connectivity index (χ1) is 3.71.